The number of oxazole rings is 1. The molecule has 8 aromatic carbocycles. The van der Waals surface area contributed by atoms with Crippen LogP contribution in [-0.4, -0.2) is 4.98 Å². The number of furan rings is 2. The minimum atomic E-state index is 0.582. The Bertz CT molecular complexity index is 3160. The van der Waals surface area contributed by atoms with Crippen LogP contribution in [-0.2, 0) is 0 Å². The minimum absolute atomic E-state index is 0.582. The molecule has 0 saturated heterocycles. The van der Waals surface area contributed by atoms with Gasteiger partial charge in [-0.25, -0.2) is 4.98 Å². The third-order valence-electron chi connectivity index (χ3n) is 10.3. The van der Waals surface area contributed by atoms with Crippen LogP contribution in [0.4, 0.5) is 17.1 Å². The number of nitrogens with zero attached hydrogens (tertiary/aromatic N) is 2. The fraction of sp³-hybridized carbons (Fsp3) is 0. The first kappa shape index (κ1) is 30.3. The first-order valence-electron chi connectivity index (χ1n) is 18.0. The van der Waals surface area contributed by atoms with Crippen LogP contribution >= 0.6 is 0 Å². The van der Waals surface area contributed by atoms with Crippen molar-refractivity contribution in [3.63, 3.8) is 0 Å². The number of hydrogen-bond acceptors (Lipinski definition) is 5. The van der Waals surface area contributed by atoms with E-state index in [4.69, 9.17) is 18.2 Å². The highest BCUT2D eigenvalue weighted by Crippen LogP contribution is 2.43. The monoisotopic (exact) mass is 694 g/mol. The molecule has 0 aliphatic heterocycles. The number of rotatable bonds is 6. The third-order valence-corrected chi connectivity index (χ3v) is 10.3. The van der Waals surface area contributed by atoms with E-state index in [9.17, 15) is 0 Å². The summed E-state index contributed by atoms with van der Waals surface area (Å²) in [5, 5.41) is 4.07. The van der Waals surface area contributed by atoms with E-state index in [2.05, 4.69) is 120 Å². The maximum absolute atomic E-state index is 6.41. The second kappa shape index (κ2) is 12.1. The van der Waals surface area contributed by atoms with Gasteiger partial charge in [-0.15, -0.1) is 0 Å². The quantitative estimate of drug-likeness (QED) is 0.173. The maximum Gasteiger partial charge on any atom is 0.227 e. The van der Waals surface area contributed by atoms with Crippen LogP contribution in [0.25, 0.3) is 88.7 Å². The van der Waals surface area contributed by atoms with Gasteiger partial charge in [0.1, 0.15) is 27.8 Å². The summed E-state index contributed by atoms with van der Waals surface area (Å²) in [6, 6.07) is 62.8. The van der Waals surface area contributed by atoms with Crippen LogP contribution in [0.1, 0.15) is 0 Å². The van der Waals surface area contributed by atoms with Gasteiger partial charge >= 0.3 is 0 Å². The molecule has 3 aromatic heterocycles. The van der Waals surface area contributed by atoms with Gasteiger partial charge in [-0.1, -0.05) is 103 Å². The lowest BCUT2D eigenvalue weighted by Gasteiger charge is -2.26. The van der Waals surface area contributed by atoms with E-state index in [1.807, 2.05) is 66.7 Å². The molecule has 0 fully saturated rings. The van der Waals surface area contributed by atoms with Crippen LogP contribution in [0.5, 0.6) is 0 Å². The van der Waals surface area contributed by atoms with E-state index in [0.717, 1.165) is 77.6 Å². The first-order chi connectivity index (χ1) is 26.7. The van der Waals surface area contributed by atoms with Gasteiger partial charge in [0.05, 0.1) is 5.39 Å². The molecule has 0 unspecified atom stereocenters. The fourth-order valence-corrected chi connectivity index (χ4v) is 7.78. The Morgan fingerprint density at radius 3 is 1.70 bits per heavy atom. The van der Waals surface area contributed by atoms with Crippen molar-refractivity contribution < 1.29 is 13.3 Å². The lowest BCUT2D eigenvalue weighted by atomic mass is 9.94. The Morgan fingerprint density at radius 2 is 0.907 bits per heavy atom. The summed E-state index contributed by atoms with van der Waals surface area (Å²) in [6.07, 6.45) is 0. The summed E-state index contributed by atoms with van der Waals surface area (Å²) in [5.74, 6) is 0.582. The van der Waals surface area contributed by atoms with Gasteiger partial charge in [-0.05, 0) is 95.1 Å². The van der Waals surface area contributed by atoms with E-state index in [-0.39, 0.29) is 0 Å². The zero-order valence-corrected chi connectivity index (χ0v) is 28.9. The summed E-state index contributed by atoms with van der Waals surface area (Å²) in [6.45, 7) is 0. The summed E-state index contributed by atoms with van der Waals surface area (Å²) < 4.78 is 19.1. The molecule has 0 spiro atoms. The highest BCUT2D eigenvalue weighted by Gasteiger charge is 2.21. The van der Waals surface area contributed by atoms with Crippen LogP contribution < -0.4 is 4.90 Å². The van der Waals surface area contributed by atoms with Crippen molar-refractivity contribution in [2.75, 3.05) is 4.90 Å². The number of para-hydroxylation sites is 1. The van der Waals surface area contributed by atoms with Gasteiger partial charge in [0.2, 0.25) is 5.89 Å². The van der Waals surface area contributed by atoms with Gasteiger partial charge in [-0.3, -0.25) is 0 Å². The van der Waals surface area contributed by atoms with E-state index >= 15 is 0 Å². The van der Waals surface area contributed by atoms with Crippen molar-refractivity contribution >= 4 is 72.0 Å². The molecule has 54 heavy (non-hydrogen) atoms. The Hall–Kier alpha value is -7.37. The molecular weight excluding hydrogens is 665 g/mol. The third kappa shape index (κ3) is 4.90. The van der Waals surface area contributed by atoms with Crippen molar-refractivity contribution in [2.24, 2.45) is 0 Å². The Balaban J connectivity index is 1.09. The molecule has 254 valence electrons. The molecule has 0 radical (unpaired) electrons. The lowest BCUT2D eigenvalue weighted by Crippen LogP contribution is -2.09. The highest BCUT2D eigenvalue weighted by molar-refractivity contribution is 6.17. The largest absolute Gasteiger partial charge is 0.456 e. The number of aromatic nitrogens is 1. The zero-order valence-electron chi connectivity index (χ0n) is 28.9. The zero-order chi connectivity index (χ0) is 35.6. The SMILES string of the molecule is c1ccc(-c2nc3c(ccc4oc5ccc(N(c6ccc(-c7ccccc7-c7ccccc7)cc6)c6ccc7c(c6)oc6ccccc67)cc5c43)o2)cc1. The smallest absolute Gasteiger partial charge is 0.227 e. The van der Waals surface area contributed by atoms with Crippen molar-refractivity contribution in [1.82, 2.24) is 4.98 Å². The molecule has 0 N–H and O–H groups in total. The number of benzene rings is 8. The van der Waals surface area contributed by atoms with Gasteiger partial charge in [0.25, 0.3) is 0 Å². The van der Waals surface area contributed by atoms with Gasteiger partial charge in [0.15, 0.2) is 5.58 Å². The number of hydrogen-bond donors (Lipinski definition) is 0. The molecule has 5 heteroatoms. The summed E-state index contributed by atoms with van der Waals surface area (Å²) in [4.78, 5) is 7.27. The van der Waals surface area contributed by atoms with Gasteiger partial charge in [0, 0.05) is 44.9 Å². The molecule has 0 aliphatic carbocycles. The van der Waals surface area contributed by atoms with E-state index in [1.165, 1.54) is 16.7 Å². The lowest BCUT2D eigenvalue weighted by molar-refractivity contribution is 0.619. The van der Waals surface area contributed by atoms with Crippen LogP contribution in [0.2, 0.25) is 0 Å². The molecule has 0 bridgehead atoms. The Morgan fingerprint density at radius 1 is 0.352 bits per heavy atom. The van der Waals surface area contributed by atoms with E-state index in [1.54, 1.807) is 0 Å². The molecule has 0 aliphatic rings. The molecule has 0 saturated carbocycles. The molecular formula is C49H30N2O3. The molecule has 0 atom stereocenters. The van der Waals surface area contributed by atoms with Gasteiger partial charge in [-0.2, -0.15) is 0 Å². The first-order valence-corrected chi connectivity index (χ1v) is 18.0. The molecule has 3 heterocycles. The number of fused-ring (bicyclic) bond motifs is 8. The normalized spacial score (nSPS) is 11.7. The average Bonchev–Trinajstić information content (AvgIpc) is 3.95. The topological polar surface area (TPSA) is 55.6 Å². The van der Waals surface area contributed by atoms with E-state index < -0.39 is 0 Å². The predicted molar refractivity (Wildman–Crippen MR) is 220 cm³/mol. The molecule has 11 aromatic rings. The van der Waals surface area contributed by atoms with Gasteiger partial charge < -0.3 is 18.2 Å². The van der Waals surface area contributed by atoms with Crippen molar-refractivity contribution in [3.8, 4) is 33.7 Å². The number of anilines is 3. The summed E-state index contributed by atoms with van der Waals surface area (Å²) >= 11 is 0. The summed E-state index contributed by atoms with van der Waals surface area (Å²) in [5.41, 5.74) is 13.3. The summed E-state index contributed by atoms with van der Waals surface area (Å²) in [7, 11) is 0. The Labute approximate surface area is 309 Å². The molecule has 0 amide bonds. The van der Waals surface area contributed by atoms with Crippen molar-refractivity contribution in [2.45, 2.75) is 0 Å². The average molecular weight is 695 g/mol. The fourth-order valence-electron chi connectivity index (χ4n) is 7.78. The second-order valence-electron chi connectivity index (χ2n) is 13.5. The van der Waals surface area contributed by atoms with Crippen LogP contribution in [0.3, 0.4) is 0 Å². The highest BCUT2D eigenvalue weighted by atomic mass is 16.4. The molecule has 11 rings (SSSR count). The Kier molecular flexibility index (Phi) is 6.79. The maximum atomic E-state index is 6.41. The standard InChI is InChI=1S/C49H30N2O3/c1-3-11-31(12-4-1)37-15-7-8-16-38(37)32-19-21-34(22-20-32)51(36-23-25-40-39-17-9-10-18-42(39)53-46(40)30-36)35-24-26-43-41(29-35)47-44(52-43)27-28-45-48(47)50-49(54-45)33-13-5-2-6-14-33/h1-30H. The minimum Gasteiger partial charge on any atom is -0.456 e. The van der Waals surface area contributed by atoms with Crippen LogP contribution in [0.15, 0.2) is 195 Å². The molecule has 5 nitrogen and oxygen atoms in total. The second-order valence-corrected chi connectivity index (χ2v) is 13.5. The van der Waals surface area contributed by atoms with Crippen molar-refractivity contribution in [3.05, 3.63) is 182 Å². The van der Waals surface area contributed by atoms with Crippen molar-refractivity contribution in [1.29, 1.82) is 0 Å². The predicted octanol–water partition coefficient (Wildman–Crippen LogP) is 14.1. The van der Waals surface area contributed by atoms with Crippen LogP contribution in [0, 0.1) is 0 Å². The van der Waals surface area contributed by atoms with E-state index in [0.29, 0.717) is 11.5 Å².